The fourth-order valence-corrected chi connectivity index (χ4v) is 2.24. The lowest BCUT2D eigenvalue weighted by Crippen LogP contribution is -2.15. The number of hydrogen-bond donors (Lipinski definition) is 1. The number of H-pyrrole nitrogens is 1. The molecular formula is C12H14N4S. The number of rotatable bonds is 3. The minimum atomic E-state index is 0.530. The van der Waals surface area contributed by atoms with Crippen LogP contribution in [0, 0.1) is 4.77 Å². The van der Waals surface area contributed by atoms with Gasteiger partial charge in [0, 0.05) is 18.8 Å². The lowest BCUT2D eigenvalue weighted by molar-refractivity contribution is 0.722. The van der Waals surface area contributed by atoms with Gasteiger partial charge in [0.25, 0.3) is 0 Å². The summed E-state index contributed by atoms with van der Waals surface area (Å²) < 4.78 is 2.83. The van der Waals surface area contributed by atoms with Crippen LogP contribution in [0.15, 0.2) is 30.3 Å². The maximum atomic E-state index is 5.28. The molecule has 1 saturated carbocycles. The van der Waals surface area contributed by atoms with E-state index in [0.29, 0.717) is 10.8 Å². The molecule has 0 radical (unpaired) electrons. The number of hydrogen-bond acceptors (Lipinski definition) is 3. The molecule has 2 aromatic rings. The minimum absolute atomic E-state index is 0.530. The highest BCUT2D eigenvalue weighted by Gasteiger charge is 2.28. The zero-order valence-electron chi connectivity index (χ0n) is 9.63. The first-order chi connectivity index (χ1) is 8.27. The standard InChI is InChI=1S/C12H14N4S/c1-15(9-5-3-2-4-6-9)11-13-14-12(17)16(11)10-7-8-10/h2-6,10H,7-8H2,1H3,(H,14,17). The van der Waals surface area contributed by atoms with Crippen LogP contribution in [0.4, 0.5) is 11.6 Å². The summed E-state index contributed by atoms with van der Waals surface area (Å²) >= 11 is 5.28. The quantitative estimate of drug-likeness (QED) is 0.846. The highest BCUT2D eigenvalue weighted by atomic mass is 32.1. The van der Waals surface area contributed by atoms with E-state index >= 15 is 0 Å². The molecule has 1 aliphatic carbocycles. The molecule has 1 fully saturated rings. The smallest absolute Gasteiger partial charge is 0.230 e. The fourth-order valence-electron chi connectivity index (χ4n) is 1.96. The van der Waals surface area contributed by atoms with Gasteiger partial charge in [0.05, 0.1) is 0 Å². The van der Waals surface area contributed by atoms with Crippen LogP contribution in [0.3, 0.4) is 0 Å². The van der Waals surface area contributed by atoms with E-state index in [-0.39, 0.29) is 0 Å². The molecular weight excluding hydrogens is 232 g/mol. The van der Waals surface area contributed by atoms with Crippen LogP contribution < -0.4 is 4.90 Å². The summed E-state index contributed by atoms with van der Waals surface area (Å²) in [7, 11) is 2.01. The largest absolute Gasteiger partial charge is 0.314 e. The van der Waals surface area contributed by atoms with E-state index in [1.807, 2.05) is 25.2 Å². The summed E-state index contributed by atoms with van der Waals surface area (Å²) in [6.45, 7) is 0. The van der Waals surface area contributed by atoms with E-state index in [4.69, 9.17) is 12.2 Å². The number of nitrogens with one attached hydrogen (secondary N) is 1. The summed E-state index contributed by atoms with van der Waals surface area (Å²) in [5, 5.41) is 7.21. The molecule has 0 aliphatic heterocycles. The van der Waals surface area contributed by atoms with Crippen molar-refractivity contribution < 1.29 is 0 Å². The van der Waals surface area contributed by atoms with Gasteiger partial charge in [-0.25, -0.2) is 5.10 Å². The molecule has 4 nitrogen and oxygen atoms in total. The van der Waals surface area contributed by atoms with Crippen molar-refractivity contribution >= 4 is 23.9 Å². The average molecular weight is 246 g/mol. The highest BCUT2D eigenvalue weighted by molar-refractivity contribution is 7.71. The molecule has 0 atom stereocenters. The highest BCUT2D eigenvalue weighted by Crippen LogP contribution is 2.38. The predicted octanol–water partition coefficient (Wildman–Crippen LogP) is 3.04. The summed E-state index contributed by atoms with van der Waals surface area (Å²) in [6.07, 6.45) is 2.40. The molecule has 0 bridgehead atoms. The summed E-state index contributed by atoms with van der Waals surface area (Å²) in [4.78, 5) is 2.06. The van der Waals surface area contributed by atoms with Crippen molar-refractivity contribution in [3.63, 3.8) is 0 Å². The van der Waals surface area contributed by atoms with Crippen molar-refractivity contribution in [2.45, 2.75) is 18.9 Å². The van der Waals surface area contributed by atoms with Gasteiger partial charge in [-0.2, -0.15) is 0 Å². The summed E-state index contributed by atoms with van der Waals surface area (Å²) in [6, 6.07) is 10.7. The van der Waals surface area contributed by atoms with Crippen LogP contribution in [0.5, 0.6) is 0 Å². The Morgan fingerprint density at radius 3 is 2.71 bits per heavy atom. The van der Waals surface area contributed by atoms with Gasteiger partial charge in [-0.05, 0) is 37.2 Å². The van der Waals surface area contributed by atoms with Gasteiger partial charge < -0.3 is 4.90 Å². The molecule has 1 aromatic heterocycles. The van der Waals surface area contributed by atoms with E-state index < -0.39 is 0 Å². The first-order valence-electron chi connectivity index (χ1n) is 5.73. The number of para-hydroxylation sites is 1. The Morgan fingerprint density at radius 2 is 2.06 bits per heavy atom. The Bertz CT molecular complexity index is 568. The van der Waals surface area contributed by atoms with E-state index in [9.17, 15) is 0 Å². The Kier molecular flexibility index (Phi) is 2.48. The molecule has 1 N–H and O–H groups in total. The zero-order chi connectivity index (χ0) is 11.8. The second kappa shape index (κ2) is 4.00. The van der Waals surface area contributed by atoms with Crippen molar-refractivity contribution in [2.75, 3.05) is 11.9 Å². The van der Waals surface area contributed by atoms with Crippen LogP contribution in [0.25, 0.3) is 0 Å². The van der Waals surface area contributed by atoms with Crippen molar-refractivity contribution in [1.82, 2.24) is 14.8 Å². The minimum Gasteiger partial charge on any atom is -0.314 e. The molecule has 88 valence electrons. The monoisotopic (exact) mass is 246 g/mol. The van der Waals surface area contributed by atoms with Gasteiger partial charge in [-0.1, -0.05) is 18.2 Å². The second-order valence-electron chi connectivity index (χ2n) is 4.32. The third-order valence-electron chi connectivity index (χ3n) is 3.04. The van der Waals surface area contributed by atoms with Crippen LogP contribution >= 0.6 is 12.2 Å². The molecule has 1 heterocycles. The fraction of sp³-hybridized carbons (Fsp3) is 0.333. The average Bonchev–Trinajstić information content (AvgIpc) is 3.13. The van der Waals surface area contributed by atoms with Crippen LogP contribution in [-0.4, -0.2) is 21.8 Å². The number of nitrogens with zero attached hydrogens (tertiary/aromatic N) is 3. The van der Waals surface area contributed by atoms with Crippen LogP contribution in [0.2, 0.25) is 0 Å². The summed E-state index contributed by atoms with van der Waals surface area (Å²) in [5.41, 5.74) is 1.11. The van der Waals surface area contributed by atoms with Crippen molar-refractivity contribution in [3.8, 4) is 0 Å². The molecule has 1 aromatic carbocycles. The lowest BCUT2D eigenvalue weighted by Gasteiger charge is -2.18. The molecule has 5 heteroatoms. The molecule has 0 amide bonds. The first-order valence-corrected chi connectivity index (χ1v) is 6.14. The Hall–Kier alpha value is -1.62. The number of anilines is 2. The van der Waals surface area contributed by atoms with E-state index in [1.54, 1.807) is 0 Å². The van der Waals surface area contributed by atoms with Crippen LogP contribution in [0.1, 0.15) is 18.9 Å². The molecule has 0 saturated heterocycles. The topological polar surface area (TPSA) is 36.9 Å². The van der Waals surface area contributed by atoms with E-state index in [2.05, 4.69) is 31.8 Å². The van der Waals surface area contributed by atoms with E-state index in [0.717, 1.165) is 11.6 Å². The maximum Gasteiger partial charge on any atom is 0.230 e. The molecule has 0 unspecified atom stereocenters. The third-order valence-corrected chi connectivity index (χ3v) is 3.33. The third kappa shape index (κ3) is 1.86. The van der Waals surface area contributed by atoms with Gasteiger partial charge in [0.2, 0.25) is 5.95 Å². The van der Waals surface area contributed by atoms with Gasteiger partial charge in [-0.3, -0.25) is 4.57 Å². The molecule has 17 heavy (non-hydrogen) atoms. The van der Waals surface area contributed by atoms with Gasteiger partial charge in [0.15, 0.2) is 4.77 Å². The first kappa shape index (κ1) is 10.5. The Morgan fingerprint density at radius 1 is 1.35 bits per heavy atom. The van der Waals surface area contributed by atoms with Crippen LogP contribution in [-0.2, 0) is 0 Å². The van der Waals surface area contributed by atoms with E-state index in [1.165, 1.54) is 12.8 Å². The van der Waals surface area contributed by atoms with Crippen molar-refractivity contribution in [3.05, 3.63) is 35.1 Å². The summed E-state index contributed by atoms with van der Waals surface area (Å²) in [5.74, 6) is 0.892. The molecule has 0 spiro atoms. The normalized spacial score (nSPS) is 14.9. The Balaban J connectivity index is 2.02. The number of aromatic nitrogens is 3. The Labute approximate surface area is 105 Å². The number of benzene rings is 1. The number of aromatic amines is 1. The second-order valence-corrected chi connectivity index (χ2v) is 4.71. The van der Waals surface area contributed by atoms with Gasteiger partial charge in [0.1, 0.15) is 0 Å². The molecule has 3 rings (SSSR count). The maximum absolute atomic E-state index is 5.28. The SMILES string of the molecule is CN(c1ccccc1)c1n[nH]c(=S)n1C1CC1. The lowest BCUT2D eigenvalue weighted by atomic mass is 10.3. The van der Waals surface area contributed by atoms with Crippen molar-refractivity contribution in [2.24, 2.45) is 0 Å². The van der Waals surface area contributed by atoms with Gasteiger partial charge >= 0.3 is 0 Å². The van der Waals surface area contributed by atoms with Gasteiger partial charge in [-0.15, -0.1) is 5.10 Å². The zero-order valence-corrected chi connectivity index (χ0v) is 10.4. The van der Waals surface area contributed by atoms with Crippen molar-refractivity contribution in [1.29, 1.82) is 0 Å². The molecule has 1 aliphatic rings. The predicted molar refractivity (Wildman–Crippen MR) is 70.2 cm³/mol.